The summed E-state index contributed by atoms with van der Waals surface area (Å²) in [6.07, 6.45) is 0. The Kier molecular flexibility index (Phi) is 4.74. The molecule has 0 saturated heterocycles. The van der Waals surface area contributed by atoms with E-state index in [2.05, 4.69) is 95.4 Å². The van der Waals surface area contributed by atoms with E-state index in [9.17, 15) is 10.5 Å². The molecule has 9 rings (SSSR count). The van der Waals surface area contributed by atoms with Crippen molar-refractivity contribution in [2.24, 2.45) is 0 Å². The van der Waals surface area contributed by atoms with E-state index in [1.54, 1.807) is 0 Å². The first-order valence-electron chi connectivity index (χ1n) is 14.3. The number of nitrogens with zero attached hydrogens (tertiary/aromatic N) is 3. The van der Waals surface area contributed by atoms with Crippen LogP contribution in [-0.4, -0.2) is 4.40 Å². The van der Waals surface area contributed by atoms with Crippen LogP contribution in [0.3, 0.4) is 0 Å². The molecule has 0 aliphatic carbocycles. The SMILES string of the molecule is N#Cc1ccc(-c2ccc3cc4c(cc3c2)c2cccc3c5cc6cc(-c7ccc(C#N)cc7)ccc6cc5n4c23)cc1. The fourth-order valence-electron chi connectivity index (χ4n) is 6.80. The highest BCUT2D eigenvalue weighted by Crippen LogP contribution is 2.42. The molecule has 0 unspecified atom stereocenters. The van der Waals surface area contributed by atoms with Gasteiger partial charge in [-0.1, -0.05) is 66.7 Å². The molecule has 9 aromatic rings. The van der Waals surface area contributed by atoms with E-state index in [1.165, 1.54) is 59.6 Å². The van der Waals surface area contributed by atoms with Crippen molar-refractivity contribution in [1.29, 1.82) is 10.5 Å². The third kappa shape index (κ3) is 3.40. The standard InChI is InChI=1S/C40H21N3/c41-22-24-4-8-26(9-5-24)28-12-14-30-20-38-36(18-32(30)16-28)34-2-1-3-35-37-19-33-17-29(27-10-6-25(23-42)7-11-27)13-15-31(33)21-39(37)43(38)40(34)35/h1-21H. The van der Waals surface area contributed by atoms with Crippen LogP contribution in [-0.2, 0) is 0 Å². The largest absolute Gasteiger partial charge is 0.308 e. The normalized spacial score (nSPS) is 11.7. The van der Waals surface area contributed by atoms with Crippen molar-refractivity contribution >= 4 is 59.6 Å². The molecule has 3 nitrogen and oxygen atoms in total. The number of para-hydroxylation sites is 1. The fraction of sp³-hybridized carbons (Fsp3) is 0. The second-order valence-electron chi connectivity index (χ2n) is 11.3. The van der Waals surface area contributed by atoms with Crippen molar-refractivity contribution in [2.75, 3.05) is 0 Å². The molecule has 0 radical (unpaired) electrons. The molecule has 0 amide bonds. The number of hydrogen-bond donors (Lipinski definition) is 0. The highest BCUT2D eigenvalue weighted by molar-refractivity contribution is 6.26. The molecule has 7 aromatic carbocycles. The average molecular weight is 544 g/mol. The maximum absolute atomic E-state index is 9.18. The van der Waals surface area contributed by atoms with E-state index < -0.39 is 0 Å². The average Bonchev–Trinajstić information content (AvgIpc) is 3.57. The Hall–Kier alpha value is -6.16. The van der Waals surface area contributed by atoms with Crippen LogP contribution in [0.1, 0.15) is 11.1 Å². The van der Waals surface area contributed by atoms with Crippen LogP contribution in [0.2, 0.25) is 0 Å². The minimum atomic E-state index is 0.670. The first-order valence-corrected chi connectivity index (χ1v) is 14.3. The van der Waals surface area contributed by atoms with Gasteiger partial charge in [-0.2, -0.15) is 10.5 Å². The van der Waals surface area contributed by atoms with E-state index in [1.807, 2.05) is 48.5 Å². The van der Waals surface area contributed by atoms with Crippen LogP contribution >= 0.6 is 0 Å². The first-order chi connectivity index (χ1) is 21.2. The van der Waals surface area contributed by atoms with Gasteiger partial charge in [0.05, 0.1) is 39.8 Å². The molecule has 0 spiro atoms. The molecule has 0 fully saturated rings. The molecule has 2 heterocycles. The predicted octanol–water partition coefficient (Wildman–Crippen LogP) is 10.2. The maximum Gasteiger partial charge on any atom is 0.0991 e. The lowest BCUT2D eigenvalue weighted by atomic mass is 9.98. The molecule has 43 heavy (non-hydrogen) atoms. The summed E-state index contributed by atoms with van der Waals surface area (Å²) in [5.74, 6) is 0. The summed E-state index contributed by atoms with van der Waals surface area (Å²) in [6.45, 7) is 0. The molecule has 0 N–H and O–H groups in total. The van der Waals surface area contributed by atoms with Crippen molar-refractivity contribution in [3.05, 3.63) is 139 Å². The second kappa shape index (κ2) is 8.67. The summed E-state index contributed by atoms with van der Waals surface area (Å²) >= 11 is 0. The molecule has 0 saturated carbocycles. The second-order valence-corrected chi connectivity index (χ2v) is 11.3. The number of rotatable bonds is 2. The van der Waals surface area contributed by atoms with Gasteiger partial charge in [-0.15, -0.1) is 0 Å². The quantitative estimate of drug-likeness (QED) is 0.218. The lowest BCUT2D eigenvalue weighted by Gasteiger charge is -2.07. The number of benzene rings is 7. The van der Waals surface area contributed by atoms with Gasteiger partial charge in [-0.3, -0.25) is 0 Å². The van der Waals surface area contributed by atoms with Crippen LogP contribution in [0.15, 0.2) is 127 Å². The summed E-state index contributed by atoms with van der Waals surface area (Å²) in [6, 6.07) is 49.2. The number of hydrogen-bond acceptors (Lipinski definition) is 2. The van der Waals surface area contributed by atoms with Gasteiger partial charge in [-0.05, 0) is 104 Å². The monoisotopic (exact) mass is 543 g/mol. The minimum Gasteiger partial charge on any atom is -0.308 e. The lowest BCUT2D eigenvalue weighted by molar-refractivity contribution is 1.38. The molecular formula is C40H21N3. The van der Waals surface area contributed by atoms with Gasteiger partial charge in [-0.25, -0.2) is 0 Å². The van der Waals surface area contributed by atoms with Gasteiger partial charge < -0.3 is 4.40 Å². The van der Waals surface area contributed by atoms with E-state index in [-0.39, 0.29) is 0 Å². The first kappa shape index (κ1) is 23.5. The van der Waals surface area contributed by atoms with Gasteiger partial charge in [0, 0.05) is 21.5 Å². The molecule has 3 heteroatoms. The number of fused-ring (bicyclic) bond motifs is 8. The Morgan fingerprint density at radius 1 is 0.395 bits per heavy atom. The Morgan fingerprint density at radius 3 is 1.28 bits per heavy atom. The number of nitriles is 2. The zero-order valence-electron chi connectivity index (χ0n) is 23.0. The zero-order valence-corrected chi connectivity index (χ0v) is 23.0. The Bertz CT molecular complexity index is 2480. The highest BCUT2D eigenvalue weighted by Gasteiger charge is 2.18. The van der Waals surface area contributed by atoms with Crippen LogP contribution < -0.4 is 0 Å². The summed E-state index contributed by atoms with van der Waals surface area (Å²) in [5, 5.41) is 28.2. The Morgan fingerprint density at radius 2 is 0.837 bits per heavy atom. The van der Waals surface area contributed by atoms with Crippen molar-refractivity contribution < 1.29 is 0 Å². The minimum absolute atomic E-state index is 0.670. The van der Waals surface area contributed by atoms with E-state index >= 15 is 0 Å². The zero-order chi connectivity index (χ0) is 28.7. The maximum atomic E-state index is 9.18. The molecule has 0 aliphatic rings. The smallest absolute Gasteiger partial charge is 0.0991 e. The van der Waals surface area contributed by atoms with Crippen molar-refractivity contribution in [1.82, 2.24) is 4.40 Å². The fourth-order valence-corrected chi connectivity index (χ4v) is 6.80. The van der Waals surface area contributed by atoms with Crippen LogP contribution in [0.25, 0.3) is 81.9 Å². The highest BCUT2D eigenvalue weighted by atomic mass is 14.9. The summed E-state index contributed by atoms with van der Waals surface area (Å²) in [5.41, 5.74) is 9.53. The number of aromatic nitrogens is 1. The summed E-state index contributed by atoms with van der Waals surface area (Å²) in [4.78, 5) is 0. The van der Waals surface area contributed by atoms with Gasteiger partial charge in [0.1, 0.15) is 0 Å². The van der Waals surface area contributed by atoms with Crippen LogP contribution in [0, 0.1) is 22.7 Å². The third-order valence-corrected chi connectivity index (χ3v) is 8.93. The molecule has 0 bridgehead atoms. The van der Waals surface area contributed by atoms with Crippen molar-refractivity contribution in [2.45, 2.75) is 0 Å². The van der Waals surface area contributed by atoms with Crippen molar-refractivity contribution in [3.8, 4) is 34.4 Å². The Balaban J connectivity index is 1.26. The van der Waals surface area contributed by atoms with Crippen molar-refractivity contribution in [3.63, 3.8) is 0 Å². The van der Waals surface area contributed by atoms with Gasteiger partial charge in [0.15, 0.2) is 0 Å². The van der Waals surface area contributed by atoms with Crippen LogP contribution in [0.4, 0.5) is 0 Å². The lowest BCUT2D eigenvalue weighted by Crippen LogP contribution is -1.84. The van der Waals surface area contributed by atoms with E-state index in [4.69, 9.17) is 0 Å². The summed E-state index contributed by atoms with van der Waals surface area (Å²) in [7, 11) is 0. The Labute approximate surface area is 247 Å². The third-order valence-electron chi connectivity index (χ3n) is 8.93. The van der Waals surface area contributed by atoms with E-state index in [0.29, 0.717) is 11.1 Å². The summed E-state index contributed by atoms with van der Waals surface area (Å²) < 4.78 is 2.44. The van der Waals surface area contributed by atoms with Gasteiger partial charge in [0.2, 0.25) is 0 Å². The van der Waals surface area contributed by atoms with E-state index in [0.717, 1.165) is 22.3 Å². The topological polar surface area (TPSA) is 52.0 Å². The molecule has 196 valence electrons. The predicted molar refractivity (Wildman–Crippen MR) is 176 cm³/mol. The van der Waals surface area contributed by atoms with Gasteiger partial charge >= 0.3 is 0 Å². The van der Waals surface area contributed by atoms with Gasteiger partial charge in [0.25, 0.3) is 0 Å². The van der Waals surface area contributed by atoms with Crippen LogP contribution in [0.5, 0.6) is 0 Å². The molecule has 0 aliphatic heterocycles. The molecular weight excluding hydrogens is 522 g/mol. The molecule has 0 atom stereocenters. The molecule has 2 aromatic heterocycles.